The highest BCUT2D eigenvalue weighted by atomic mass is 28.4. The molecule has 1 saturated carbocycles. The standard InChI is InChI=1S/C36H70O5Si3/c1-25(39-42(13,14)34(3,4)5)19-20-27-21-22-29-31(28(27)23-24-30(37)38-12)33(41-44(17,18)36(9,10)11)26(2)32(29)40-43(15,16)35(6,7)8/h21-29,31-33H,19-20H2,1-18H3/b24-23+/t25?,26-,27+,28-,29-,31+,32-,33+/m0/s1. The van der Waals surface area contributed by atoms with E-state index in [1.165, 1.54) is 7.11 Å². The lowest BCUT2D eigenvalue weighted by molar-refractivity contribution is -0.134. The molecule has 2 aliphatic rings. The van der Waals surface area contributed by atoms with Gasteiger partial charge in [-0.3, -0.25) is 0 Å². The molecule has 0 amide bonds. The third kappa shape index (κ3) is 9.09. The Morgan fingerprint density at radius 1 is 0.795 bits per heavy atom. The summed E-state index contributed by atoms with van der Waals surface area (Å²) in [5.41, 5.74) is 0. The second-order valence-corrected chi connectivity index (χ2v) is 32.7. The molecular formula is C36H70O5Si3. The van der Waals surface area contributed by atoms with E-state index in [0.717, 1.165) is 12.8 Å². The maximum atomic E-state index is 12.5. The summed E-state index contributed by atoms with van der Waals surface area (Å²) >= 11 is 0. The lowest BCUT2D eigenvalue weighted by atomic mass is 9.69. The minimum absolute atomic E-state index is 0.0521. The van der Waals surface area contributed by atoms with Crippen LogP contribution < -0.4 is 0 Å². The van der Waals surface area contributed by atoms with Crippen molar-refractivity contribution in [3.63, 3.8) is 0 Å². The molecular weight excluding hydrogens is 597 g/mol. The molecule has 5 nitrogen and oxygen atoms in total. The van der Waals surface area contributed by atoms with Crippen molar-refractivity contribution in [3.8, 4) is 0 Å². The molecule has 2 aliphatic carbocycles. The molecule has 1 fully saturated rings. The van der Waals surface area contributed by atoms with E-state index in [1.807, 2.05) is 0 Å². The summed E-state index contributed by atoms with van der Waals surface area (Å²) in [5.74, 6) is 0.833. The molecule has 0 radical (unpaired) electrons. The van der Waals surface area contributed by atoms with Gasteiger partial charge in [-0.2, -0.15) is 0 Å². The fourth-order valence-corrected chi connectivity index (χ4v) is 10.4. The van der Waals surface area contributed by atoms with Gasteiger partial charge < -0.3 is 18.0 Å². The zero-order valence-corrected chi connectivity index (χ0v) is 34.9. The van der Waals surface area contributed by atoms with Gasteiger partial charge in [0.05, 0.1) is 19.3 Å². The van der Waals surface area contributed by atoms with Crippen LogP contribution in [0.25, 0.3) is 0 Å². The Kier molecular flexibility index (Phi) is 12.5. The first-order valence-corrected chi connectivity index (χ1v) is 25.9. The van der Waals surface area contributed by atoms with E-state index in [2.05, 4.69) is 134 Å². The van der Waals surface area contributed by atoms with Crippen LogP contribution in [0.15, 0.2) is 24.3 Å². The normalized spacial score (nSPS) is 29.6. The maximum Gasteiger partial charge on any atom is 0.330 e. The second-order valence-electron chi connectivity index (χ2n) is 18.5. The SMILES string of the molecule is COC(=O)/C=C/[C@@H]1[C@@H]2[C@H](C=C[C@H]1CCC(C)O[Si](C)(C)C(C)(C)C)[C@@H](O[Si](C)(C)C(C)(C)C)[C@H](C)[C@H]2O[Si](C)(C)C(C)(C)C. The number of hydrogen-bond acceptors (Lipinski definition) is 5. The van der Waals surface area contributed by atoms with Gasteiger partial charge in [-0.15, -0.1) is 0 Å². The summed E-state index contributed by atoms with van der Waals surface area (Å²) in [7, 11) is -4.55. The van der Waals surface area contributed by atoms with E-state index < -0.39 is 25.0 Å². The van der Waals surface area contributed by atoms with E-state index in [9.17, 15) is 4.79 Å². The molecule has 0 N–H and O–H groups in total. The predicted octanol–water partition coefficient (Wildman–Crippen LogP) is 10.4. The number of allylic oxidation sites excluding steroid dienone is 2. The van der Waals surface area contributed by atoms with Crippen molar-refractivity contribution >= 4 is 30.9 Å². The number of carbonyl (C=O) groups excluding carboxylic acids is 1. The first-order valence-electron chi connectivity index (χ1n) is 17.1. The van der Waals surface area contributed by atoms with Gasteiger partial charge in [-0.05, 0) is 91.9 Å². The van der Waals surface area contributed by atoms with Crippen LogP contribution in [0.2, 0.25) is 54.4 Å². The van der Waals surface area contributed by atoms with Crippen molar-refractivity contribution < 1.29 is 22.8 Å². The van der Waals surface area contributed by atoms with Gasteiger partial charge >= 0.3 is 5.97 Å². The molecule has 44 heavy (non-hydrogen) atoms. The van der Waals surface area contributed by atoms with Gasteiger partial charge in [0.1, 0.15) is 0 Å². The maximum absolute atomic E-state index is 12.5. The lowest BCUT2D eigenvalue weighted by Crippen LogP contribution is -2.48. The number of methoxy groups -OCH3 is 1. The minimum Gasteiger partial charge on any atom is -0.466 e. The molecule has 2 rings (SSSR count). The van der Waals surface area contributed by atoms with Gasteiger partial charge in [-0.1, -0.05) is 87.5 Å². The zero-order chi connectivity index (χ0) is 34.3. The number of hydrogen-bond donors (Lipinski definition) is 0. The summed E-state index contributed by atoms with van der Waals surface area (Å²) in [6.45, 7) is 39.6. The van der Waals surface area contributed by atoms with Gasteiger partial charge in [0.2, 0.25) is 0 Å². The van der Waals surface area contributed by atoms with Gasteiger partial charge in [-0.25, -0.2) is 4.79 Å². The van der Waals surface area contributed by atoms with E-state index >= 15 is 0 Å². The molecule has 0 saturated heterocycles. The number of carbonyl (C=O) groups is 1. The quantitative estimate of drug-likeness (QED) is 0.0951. The smallest absolute Gasteiger partial charge is 0.330 e. The monoisotopic (exact) mass is 666 g/mol. The average molecular weight is 667 g/mol. The second kappa shape index (κ2) is 13.9. The molecule has 0 heterocycles. The van der Waals surface area contributed by atoms with Gasteiger partial charge in [0.15, 0.2) is 25.0 Å². The molecule has 0 spiro atoms. The van der Waals surface area contributed by atoms with Crippen molar-refractivity contribution in [1.82, 2.24) is 0 Å². The van der Waals surface area contributed by atoms with Crippen molar-refractivity contribution in [3.05, 3.63) is 24.3 Å². The Morgan fingerprint density at radius 3 is 1.73 bits per heavy atom. The van der Waals surface area contributed by atoms with Crippen LogP contribution in [0, 0.1) is 29.6 Å². The first-order chi connectivity index (χ1) is 19.7. The van der Waals surface area contributed by atoms with Crippen molar-refractivity contribution in [2.24, 2.45) is 29.6 Å². The van der Waals surface area contributed by atoms with E-state index in [4.69, 9.17) is 18.0 Å². The van der Waals surface area contributed by atoms with Gasteiger partial charge in [0, 0.05) is 24.0 Å². The third-order valence-electron chi connectivity index (χ3n) is 12.1. The molecule has 0 aliphatic heterocycles. The summed E-state index contributed by atoms with van der Waals surface area (Å²) in [6.07, 6.45) is 11.0. The molecule has 8 atom stereocenters. The molecule has 0 bridgehead atoms. The Bertz CT molecular complexity index is 1030. The highest BCUT2D eigenvalue weighted by Crippen LogP contribution is 2.54. The largest absolute Gasteiger partial charge is 0.466 e. The molecule has 256 valence electrons. The average Bonchev–Trinajstić information content (AvgIpc) is 3.09. The molecule has 0 aromatic rings. The van der Waals surface area contributed by atoms with Crippen LogP contribution in [0.4, 0.5) is 0 Å². The minimum atomic E-state index is -2.10. The van der Waals surface area contributed by atoms with Crippen LogP contribution in [-0.4, -0.2) is 56.3 Å². The van der Waals surface area contributed by atoms with E-state index in [-0.39, 0.29) is 69.0 Å². The van der Waals surface area contributed by atoms with Crippen LogP contribution in [0.5, 0.6) is 0 Å². The summed E-state index contributed by atoms with van der Waals surface area (Å²) in [4.78, 5) is 12.5. The molecule has 0 aromatic heterocycles. The Labute approximate surface area is 275 Å². The Hall–Kier alpha value is -0.519. The highest BCUT2D eigenvalue weighted by molar-refractivity contribution is 6.75. The first kappa shape index (κ1) is 39.7. The van der Waals surface area contributed by atoms with Gasteiger partial charge in [0.25, 0.3) is 0 Å². The van der Waals surface area contributed by atoms with Crippen LogP contribution in [-0.2, 0) is 22.8 Å². The molecule has 8 heteroatoms. The predicted molar refractivity (Wildman–Crippen MR) is 195 cm³/mol. The number of ether oxygens (including phenoxy) is 1. The fourth-order valence-electron chi connectivity index (χ4n) is 6.11. The molecule has 0 aromatic carbocycles. The number of rotatable bonds is 11. The van der Waals surface area contributed by atoms with Crippen LogP contribution in [0.3, 0.4) is 0 Å². The summed E-state index contributed by atoms with van der Waals surface area (Å²) in [6, 6.07) is 0. The number of fused-ring (bicyclic) bond motifs is 1. The number of esters is 1. The van der Waals surface area contributed by atoms with Crippen LogP contribution in [0.1, 0.15) is 89.0 Å². The zero-order valence-electron chi connectivity index (χ0n) is 31.9. The Balaban J connectivity index is 2.56. The fraction of sp³-hybridized carbons (Fsp3) is 0.861. The molecule has 1 unspecified atom stereocenters. The lowest BCUT2D eigenvalue weighted by Gasteiger charge is -2.44. The summed E-state index contributed by atoms with van der Waals surface area (Å²) in [5, 5.41) is 0.392. The third-order valence-corrected chi connectivity index (χ3v) is 25.6. The summed E-state index contributed by atoms with van der Waals surface area (Å²) < 4.78 is 26.5. The topological polar surface area (TPSA) is 54.0 Å². The van der Waals surface area contributed by atoms with Crippen LogP contribution >= 0.6 is 0 Å². The highest BCUT2D eigenvalue weighted by Gasteiger charge is 2.57. The van der Waals surface area contributed by atoms with E-state index in [0.29, 0.717) is 0 Å². The van der Waals surface area contributed by atoms with Crippen molar-refractivity contribution in [1.29, 1.82) is 0 Å². The van der Waals surface area contributed by atoms with Crippen molar-refractivity contribution in [2.75, 3.05) is 7.11 Å². The van der Waals surface area contributed by atoms with Crippen molar-refractivity contribution in [2.45, 2.75) is 162 Å². The van der Waals surface area contributed by atoms with E-state index in [1.54, 1.807) is 6.08 Å². The Morgan fingerprint density at radius 2 is 1.27 bits per heavy atom.